The molecule has 0 amide bonds. The fourth-order valence-electron chi connectivity index (χ4n) is 5.69. The lowest BCUT2D eigenvalue weighted by Gasteiger charge is -2.14. The molecule has 0 spiro atoms. The van der Waals surface area contributed by atoms with Crippen LogP contribution >= 0.6 is 11.3 Å². The van der Waals surface area contributed by atoms with E-state index in [2.05, 4.69) is 133 Å². The summed E-state index contributed by atoms with van der Waals surface area (Å²) in [5.41, 5.74) is 9.01. The first kappa shape index (κ1) is 26.9. The molecule has 45 heavy (non-hydrogen) atoms. The second-order valence-corrected chi connectivity index (χ2v) is 12.0. The topological polar surface area (TPSA) is 38.7 Å². The highest BCUT2D eigenvalue weighted by Gasteiger charge is 2.15. The zero-order valence-electron chi connectivity index (χ0n) is 24.3. The van der Waals surface area contributed by atoms with Crippen molar-refractivity contribution >= 4 is 21.4 Å². The molecule has 0 saturated carbocycles. The van der Waals surface area contributed by atoms with E-state index in [1.807, 2.05) is 30.3 Å². The standard InChI is InChI=1S/C41H27N3S/c1-4-12-28(13-5-1)33-24-25-35(36(26-33)29-14-6-2-7-15-29)30-20-22-32(23-21-30)40-42-39(31-16-8-3-9-17-31)43-41(44-40)38-27-34-18-10-11-19-37(34)45-38/h1-27H. The number of nitrogens with zero attached hydrogens (tertiary/aromatic N) is 3. The third-order valence-electron chi connectivity index (χ3n) is 7.98. The molecule has 3 nitrogen and oxygen atoms in total. The Labute approximate surface area is 266 Å². The van der Waals surface area contributed by atoms with Gasteiger partial charge in [0.15, 0.2) is 17.5 Å². The van der Waals surface area contributed by atoms with Gasteiger partial charge in [-0.1, -0.05) is 146 Å². The SMILES string of the molecule is c1ccc(-c2ccc(-c3ccc(-c4nc(-c5ccccc5)nc(-c5cc6ccccc6s5)n4)cc3)c(-c3ccccc3)c2)cc1. The summed E-state index contributed by atoms with van der Waals surface area (Å²) in [5, 5.41) is 1.19. The minimum absolute atomic E-state index is 0.658. The highest BCUT2D eigenvalue weighted by atomic mass is 32.1. The normalized spacial score (nSPS) is 11.1. The van der Waals surface area contributed by atoms with Gasteiger partial charge >= 0.3 is 0 Å². The van der Waals surface area contributed by atoms with Gasteiger partial charge in [0.1, 0.15) is 0 Å². The second-order valence-electron chi connectivity index (χ2n) is 10.9. The minimum Gasteiger partial charge on any atom is -0.208 e. The van der Waals surface area contributed by atoms with E-state index in [-0.39, 0.29) is 0 Å². The molecule has 0 saturated heterocycles. The number of aromatic nitrogens is 3. The molecule has 2 aromatic heterocycles. The van der Waals surface area contributed by atoms with E-state index < -0.39 is 0 Å². The van der Waals surface area contributed by atoms with E-state index in [1.54, 1.807) is 11.3 Å². The highest BCUT2D eigenvalue weighted by Crippen LogP contribution is 2.37. The van der Waals surface area contributed by atoms with Gasteiger partial charge in [-0.25, -0.2) is 15.0 Å². The van der Waals surface area contributed by atoms with Crippen LogP contribution in [0.5, 0.6) is 0 Å². The molecule has 0 N–H and O–H groups in total. The molecule has 0 bridgehead atoms. The van der Waals surface area contributed by atoms with Crippen LogP contribution in [0.3, 0.4) is 0 Å². The number of thiophene rings is 1. The number of benzene rings is 6. The highest BCUT2D eigenvalue weighted by molar-refractivity contribution is 7.22. The number of rotatable bonds is 6. The summed E-state index contributed by atoms with van der Waals surface area (Å²) in [6, 6.07) is 57.1. The monoisotopic (exact) mass is 593 g/mol. The maximum absolute atomic E-state index is 5.00. The molecule has 8 rings (SSSR count). The third kappa shape index (κ3) is 5.44. The van der Waals surface area contributed by atoms with Gasteiger partial charge < -0.3 is 0 Å². The van der Waals surface area contributed by atoms with Crippen LogP contribution in [0.1, 0.15) is 0 Å². The van der Waals surface area contributed by atoms with E-state index in [1.165, 1.54) is 37.9 Å². The van der Waals surface area contributed by atoms with Crippen LogP contribution in [0.4, 0.5) is 0 Å². The summed E-state index contributed by atoms with van der Waals surface area (Å²) in [7, 11) is 0. The summed E-state index contributed by atoms with van der Waals surface area (Å²) >= 11 is 1.70. The van der Waals surface area contributed by atoms with Crippen LogP contribution in [0.2, 0.25) is 0 Å². The predicted octanol–water partition coefficient (Wildman–Crippen LogP) is 11.1. The van der Waals surface area contributed by atoms with Crippen LogP contribution < -0.4 is 0 Å². The number of hydrogen-bond acceptors (Lipinski definition) is 4. The Morgan fingerprint density at radius 1 is 0.333 bits per heavy atom. The smallest absolute Gasteiger partial charge is 0.174 e. The van der Waals surface area contributed by atoms with Gasteiger partial charge in [0.2, 0.25) is 0 Å². The van der Waals surface area contributed by atoms with Crippen molar-refractivity contribution in [1.82, 2.24) is 15.0 Å². The van der Waals surface area contributed by atoms with Gasteiger partial charge in [-0.15, -0.1) is 11.3 Å². The molecule has 6 aromatic carbocycles. The maximum Gasteiger partial charge on any atom is 0.174 e. The Morgan fingerprint density at radius 2 is 0.822 bits per heavy atom. The van der Waals surface area contributed by atoms with Crippen molar-refractivity contribution in [3.63, 3.8) is 0 Å². The Kier molecular flexibility index (Phi) is 7.02. The maximum atomic E-state index is 5.00. The van der Waals surface area contributed by atoms with Crippen LogP contribution in [0.15, 0.2) is 164 Å². The molecule has 0 unspecified atom stereocenters. The molecule has 2 heterocycles. The van der Waals surface area contributed by atoms with Gasteiger partial charge in [0.25, 0.3) is 0 Å². The summed E-state index contributed by atoms with van der Waals surface area (Å²) in [6.07, 6.45) is 0. The molecule has 4 heteroatoms. The average Bonchev–Trinajstić information content (AvgIpc) is 3.57. The van der Waals surface area contributed by atoms with Crippen LogP contribution in [0.25, 0.3) is 76.9 Å². The molecule has 0 aliphatic heterocycles. The molecule has 0 aliphatic rings. The predicted molar refractivity (Wildman–Crippen MR) is 188 cm³/mol. The molecular weight excluding hydrogens is 567 g/mol. The van der Waals surface area contributed by atoms with E-state index in [0.717, 1.165) is 21.6 Å². The first-order chi connectivity index (χ1) is 22.3. The zero-order chi connectivity index (χ0) is 30.0. The van der Waals surface area contributed by atoms with Gasteiger partial charge in [-0.3, -0.25) is 0 Å². The first-order valence-electron chi connectivity index (χ1n) is 14.9. The van der Waals surface area contributed by atoms with Gasteiger partial charge in [0, 0.05) is 15.8 Å². The van der Waals surface area contributed by atoms with Crippen molar-refractivity contribution in [3.05, 3.63) is 164 Å². The average molecular weight is 594 g/mol. The first-order valence-corrected chi connectivity index (χ1v) is 15.8. The molecule has 212 valence electrons. The van der Waals surface area contributed by atoms with Crippen molar-refractivity contribution < 1.29 is 0 Å². The lowest BCUT2D eigenvalue weighted by Crippen LogP contribution is -1.99. The van der Waals surface area contributed by atoms with E-state index in [4.69, 9.17) is 15.0 Å². The number of hydrogen-bond donors (Lipinski definition) is 0. The lowest BCUT2D eigenvalue weighted by atomic mass is 9.91. The van der Waals surface area contributed by atoms with Crippen molar-refractivity contribution in [2.45, 2.75) is 0 Å². The fraction of sp³-hybridized carbons (Fsp3) is 0. The van der Waals surface area contributed by atoms with Crippen LogP contribution in [-0.4, -0.2) is 15.0 Å². The Morgan fingerprint density at radius 3 is 1.49 bits per heavy atom. The molecule has 0 radical (unpaired) electrons. The summed E-state index contributed by atoms with van der Waals surface area (Å²) < 4.78 is 1.22. The molecule has 0 fully saturated rings. The molecule has 0 aliphatic carbocycles. The van der Waals surface area contributed by atoms with Crippen molar-refractivity contribution in [2.75, 3.05) is 0 Å². The summed E-state index contributed by atoms with van der Waals surface area (Å²) in [5.74, 6) is 2.01. The van der Waals surface area contributed by atoms with E-state index in [0.29, 0.717) is 17.5 Å². The largest absolute Gasteiger partial charge is 0.208 e. The Hall–Kier alpha value is -5.71. The molecule has 8 aromatic rings. The van der Waals surface area contributed by atoms with Crippen LogP contribution in [0, 0.1) is 0 Å². The quantitative estimate of drug-likeness (QED) is 0.192. The third-order valence-corrected chi connectivity index (χ3v) is 9.09. The lowest BCUT2D eigenvalue weighted by molar-refractivity contribution is 1.08. The zero-order valence-corrected chi connectivity index (χ0v) is 25.2. The van der Waals surface area contributed by atoms with Crippen LogP contribution in [-0.2, 0) is 0 Å². The number of fused-ring (bicyclic) bond motifs is 1. The summed E-state index contributed by atoms with van der Waals surface area (Å²) in [4.78, 5) is 15.9. The minimum atomic E-state index is 0.658. The van der Waals surface area contributed by atoms with Crippen molar-refractivity contribution in [2.24, 2.45) is 0 Å². The fourth-order valence-corrected chi connectivity index (χ4v) is 6.68. The Balaban J connectivity index is 1.22. The molecule has 0 atom stereocenters. The Bertz CT molecular complexity index is 2210. The van der Waals surface area contributed by atoms with Crippen molar-refractivity contribution in [1.29, 1.82) is 0 Å². The molecular formula is C41H27N3S. The van der Waals surface area contributed by atoms with E-state index in [9.17, 15) is 0 Å². The van der Waals surface area contributed by atoms with E-state index >= 15 is 0 Å². The second kappa shape index (κ2) is 11.8. The van der Waals surface area contributed by atoms with Gasteiger partial charge in [-0.05, 0) is 57.0 Å². The summed E-state index contributed by atoms with van der Waals surface area (Å²) in [6.45, 7) is 0. The van der Waals surface area contributed by atoms with Gasteiger partial charge in [-0.2, -0.15) is 0 Å². The van der Waals surface area contributed by atoms with Crippen molar-refractivity contribution in [3.8, 4) is 66.9 Å². The van der Waals surface area contributed by atoms with Gasteiger partial charge in [0.05, 0.1) is 4.88 Å².